The van der Waals surface area contributed by atoms with E-state index in [0.29, 0.717) is 12.0 Å². The van der Waals surface area contributed by atoms with Crippen LogP contribution in [0.15, 0.2) is 46.6 Å². The van der Waals surface area contributed by atoms with Crippen LogP contribution in [0.1, 0.15) is 26.7 Å². The van der Waals surface area contributed by atoms with E-state index in [2.05, 4.69) is 12.7 Å². The van der Waals surface area contributed by atoms with Crippen LogP contribution in [0, 0.1) is 11.8 Å². The number of fused-ring (bicyclic) bond motifs is 3. The van der Waals surface area contributed by atoms with E-state index in [1.165, 1.54) is 17.2 Å². The average molecular weight is 358 g/mol. The van der Waals surface area contributed by atoms with Gasteiger partial charge in [0.2, 0.25) is 0 Å². The van der Waals surface area contributed by atoms with Crippen LogP contribution in [0.5, 0.6) is 0 Å². The van der Waals surface area contributed by atoms with Gasteiger partial charge in [-0.05, 0) is 26.3 Å². The lowest BCUT2D eigenvalue weighted by atomic mass is 9.82. The molecule has 4 rings (SSSR count). The molecule has 0 amide bonds. The van der Waals surface area contributed by atoms with E-state index in [1.807, 2.05) is 13.8 Å². The van der Waals surface area contributed by atoms with Gasteiger partial charge in [-0.3, -0.25) is 0 Å². The summed E-state index contributed by atoms with van der Waals surface area (Å²) in [6, 6.07) is 0. The van der Waals surface area contributed by atoms with Gasteiger partial charge >= 0.3 is 11.9 Å². The highest BCUT2D eigenvalue weighted by molar-refractivity contribution is 5.92. The number of rotatable bonds is 2. The lowest BCUT2D eigenvalue weighted by Gasteiger charge is -2.28. The molecule has 2 aliphatic carbocycles. The first-order valence-corrected chi connectivity index (χ1v) is 8.83. The minimum Gasteiger partial charge on any atom is -0.458 e. The minimum absolute atomic E-state index is 0.0156. The number of esters is 2. The van der Waals surface area contributed by atoms with Crippen LogP contribution < -0.4 is 0 Å². The Hall–Kier alpha value is -2.18. The third-order valence-corrected chi connectivity index (χ3v) is 5.83. The molecule has 26 heavy (non-hydrogen) atoms. The lowest BCUT2D eigenvalue weighted by Crippen LogP contribution is -2.36. The SMILES string of the molecule is C=C1C(=O)O[C@@H]2[C@H]3C(C)=CCC3=C(C)C[C@@H](OC(=O)C3=C[C@@H](O)OC3)[C@@H]12. The van der Waals surface area contributed by atoms with Crippen molar-refractivity contribution >= 4 is 11.9 Å². The molecule has 0 aromatic rings. The van der Waals surface area contributed by atoms with Gasteiger partial charge in [-0.15, -0.1) is 0 Å². The van der Waals surface area contributed by atoms with Crippen molar-refractivity contribution in [2.75, 3.05) is 6.61 Å². The number of hydrogen-bond donors (Lipinski definition) is 1. The third kappa shape index (κ3) is 2.64. The number of allylic oxidation sites excluding steroid dienone is 1. The Morgan fingerprint density at radius 3 is 2.85 bits per heavy atom. The molecule has 0 spiro atoms. The van der Waals surface area contributed by atoms with Crippen molar-refractivity contribution in [1.29, 1.82) is 0 Å². The van der Waals surface area contributed by atoms with Gasteiger partial charge in [0.15, 0.2) is 6.29 Å². The second kappa shape index (κ2) is 6.21. The van der Waals surface area contributed by atoms with Crippen LogP contribution in [0.4, 0.5) is 0 Å². The van der Waals surface area contributed by atoms with Crippen molar-refractivity contribution in [3.63, 3.8) is 0 Å². The molecule has 2 aliphatic heterocycles. The maximum atomic E-state index is 12.5. The van der Waals surface area contributed by atoms with E-state index in [9.17, 15) is 14.7 Å². The quantitative estimate of drug-likeness (QED) is 0.462. The van der Waals surface area contributed by atoms with Gasteiger partial charge < -0.3 is 19.3 Å². The maximum Gasteiger partial charge on any atom is 0.336 e. The minimum atomic E-state index is -1.08. The number of ether oxygens (including phenoxy) is 3. The highest BCUT2D eigenvalue weighted by Gasteiger charge is 2.52. The van der Waals surface area contributed by atoms with Crippen molar-refractivity contribution in [1.82, 2.24) is 0 Å². The van der Waals surface area contributed by atoms with Crippen LogP contribution >= 0.6 is 0 Å². The molecular weight excluding hydrogens is 336 g/mol. The summed E-state index contributed by atoms with van der Waals surface area (Å²) in [5.74, 6) is -1.30. The molecule has 0 radical (unpaired) electrons. The van der Waals surface area contributed by atoms with Crippen LogP contribution in [0.25, 0.3) is 0 Å². The molecule has 1 saturated heterocycles. The first-order chi connectivity index (χ1) is 12.4. The van der Waals surface area contributed by atoms with Crippen molar-refractivity contribution < 1.29 is 28.9 Å². The molecule has 6 nitrogen and oxygen atoms in total. The lowest BCUT2D eigenvalue weighted by molar-refractivity contribution is -0.148. The average Bonchev–Trinajstić information content (AvgIpc) is 3.23. The summed E-state index contributed by atoms with van der Waals surface area (Å²) in [4.78, 5) is 24.7. The largest absolute Gasteiger partial charge is 0.458 e. The molecule has 0 bridgehead atoms. The molecule has 1 fully saturated rings. The first-order valence-electron chi connectivity index (χ1n) is 8.83. The maximum absolute atomic E-state index is 12.5. The predicted octanol–water partition coefficient (Wildman–Crippen LogP) is 1.96. The molecule has 0 unspecified atom stereocenters. The van der Waals surface area contributed by atoms with Crippen LogP contribution in [0.3, 0.4) is 0 Å². The Bertz CT molecular complexity index is 786. The molecule has 6 heteroatoms. The van der Waals surface area contributed by atoms with Gasteiger partial charge in [0.25, 0.3) is 0 Å². The number of carbonyl (C=O) groups is 2. The number of aliphatic hydroxyl groups excluding tert-OH is 1. The molecule has 138 valence electrons. The molecule has 0 aromatic heterocycles. The van der Waals surface area contributed by atoms with Crippen LogP contribution in [0.2, 0.25) is 0 Å². The molecular formula is C20H22O6. The van der Waals surface area contributed by atoms with Gasteiger partial charge in [0.1, 0.15) is 12.2 Å². The Morgan fingerprint density at radius 1 is 1.38 bits per heavy atom. The molecule has 0 saturated carbocycles. The number of carbonyl (C=O) groups excluding carboxylic acids is 2. The normalized spacial score (nSPS) is 36.2. The van der Waals surface area contributed by atoms with E-state index in [4.69, 9.17) is 14.2 Å². The zero-order valence-electron chi connectivity index (χ0n) is 14.9. The first kappa shape index (κ1) is 17.2. The van der Waals surface area contributed by atoms with Gasteiger partial charge in [0, 0.05) is 17.9 Å². The van der Waals surface area contributed by atoms with Crippen molar-refractivity contribution in [3.05, 3.63) is 46.6 Å². The summed E-state index contributed by atoms with van der Waals surface area (Å²) >= 11 is 0. The highest BCUT2D eigenvalue weighted by Crippen LogP contribution is 2.49. The molecule has 2 heterocycles. The van der Waals surface area contributed by atoms with Crippen molar-refractivity contribution in [2.45, 2.75) is 45.2 Å². The van der Waals surface area contributed by atoms with E-state index in [0.717, 1.165) is 12.0 Å². The summed E-state index contributed by atoms with van der Waals surface area (Å²) in [6.07, 6.45) is 2.88. The zero-order valence-corrected chi connectivity index (χ0v) is 14.9. The third-order valence-electron chi connectivity index (χ3n) is 5.83. The monoisotopic (exact) mass is 358 g/mol. The van der Waals surface area contributed by atoms with Gasteiger partial charge in [-0.2, -0.15) is 0 Å². The Balaban J connectivity index is 1.66. The van der Waals surface area contributed by atoms with Gasteiger partial charge in [-0.1, -0.05) is 29.4 Å². The Labute approximate surface area is 151 Å². The van der Waals surface area contributed by atoms with E-state index >= 15 is 0 Å². The molecule has 1 N–H and O–H groups in total. The molecule has 0 aromatic carbocycles. The van der Waals surface area contributed by atoms with Crippen LogP contribution in [-0.2, 0) is 23.8 Å². The summed E-state index contributed by atoms with van der Waals surface area (Å²) < 4.78 is 16.4. The highest BCUT2D eigenvalue weighted by atomic mass is 16.6. The fourth-order valence-corrected chi connectivity index (χ4v) is 4.47. The fourth-order valence-electron chi connectivity index (χ4n) is 4.47. The molecule has 5 atom stereocenters. The smallest absolute Gasteiger partial charge is 0.336 e. The topological polar surface area (TPSA) is 82.1 Å². The number of aliphatic hydroxyl groups is 1. The van der Waals surface area contributed by atoms with Gasteiger partial charge in [-0.25, -0.2) is 9.59 Å². The van der Waals surface area contributed by atoms with Crippen molar-refractivity contribution in [3.8, 4) is 0 Å². The summed E-state index contributed by atoms with van der Waals surface area (Å²) in [7, 11) is 0. The summed E-state index contributed by atoms with van der Waals surface area (Å²) in [5.41, 5.74) is 4.24. The molecule has 4 aliphatic rings. The van der Waals surface area contributed by atoms with E-state index in [1.54, 1.807) is 0 Å². The van der Waals surface area contributed by atoms with Crippen molar-refractivity contribution in [2.24, 2.45) is 11.8 Å². The van der Waals surface area contributed by atoms with E-state index < -0.39 is 30.4 Å². The fraction of sp³-hybridized carbons (Fsp3) is 0.500. The van der Waals surface area contributed by atoms with Crippen LogP contribution in [-0.4, -0.2) is 42.1 Å². The summed E-state index contributed by atoms with van der Waals surface area (Å²) in [5, 5.41) is 9.41. The standard InChI is InChI=1S/C20H22O6/c1-9-4-5-13-10(2)6-14(25-20(23)12-7-15(21)24-8-12)17-11(3)19(22)26-18(17)16(9)13/h4,7,14-18,21H,3,5-6,8H2,1-2H3/t14-,15+,16+,17-,18-/m1/s1. The Kier molecular flexibility index (Phi) is 4.12. The second-order valence-electron chi connectivity index (χ2n) is 7.40. The van der Waals surface area contributed by atoms with E-state index in [-0.39, 0.29) is 24.0 Å². The number of hydrogen-bond acceptors (Lipinski definition) is 6. The Morgan fingerprint density at radius 2 is 2.15 bits per heavy atom. The predicted molar refractivity (Wildman–Crippen MR) is 91.6 cm³/mol. The van der Waals surface area contributed by atoms with Gasteiger partial charge in [0.05, 0.1) is 18.1 Å². The zero-order chi connectivity index (χ0) is 18.6. The summed E-state index contributed by atoms with van der Waals surface area (Å²) in [6.45, 7) is 8.02. The second-order valence-corrected chi connectivity index (χ2v) is 7.40.